The van der Waals surface area contributed by atoms with Crippen molar-refractivity contribution in [2.75, 3.05) is 18.4 Å². The van der Waals surface area contributed by atoms with Gasteiger partial charge in [-0.25, -0.2) is 8.42 Å². The van der Waals surface area contributed by atoms with Gasteiger partial charge < -0.3 is 4.52 Å². The lowest BCUT2D eigenvalue weighted by atomic mass is 9.96. The molecule has 1 N–H and O–H groups in total. The zero-order chi connectivity index (χ0) is 19.0. The zero-order valence-electron chi connectivity index (χ0n) is 14.6. The standard InChI is InChI=1S/C17H20ClN3O4S2/c18-14-7-8-15(26-14)27(23,24)21-9-3-4-11(10-21)16(22)19-17-12-5-1-2-6-13(12)20-25-17/h7-8,11H,1-6,9-10H2,(H,19,22). The highest BCUT2D eigenvalue weighted by molar-refractivity contribution is 7.91. The number of amides is 1. The lowest BCUT2D eigenvalue weighted by Crippen LogP contribution is -2.43. The van der Waals surface area contributed by atoms with Gasteiger partial charge in [-0.05, 0) is 50.7 Å². The van der Waals surface area contributed by atoms with Crippen LogP contribution in [0.15, 0.2) is 20.9 Å². The Balaban J connectivity index is 1.46. The molecule has 0 aromatic carbocycles. The van der Waals surface area contributed by atoms with Crippen LogP contribution in [0, 0.1) is 5.92 Å². The zero-order valence-corrected chi connectivity index (χ0v) is 17.0. The number of thiophene rings is 1. The van der Waals surface area contributed by atoms with E-state index in [0.717, 1.165) is 48.3 Å². The first-order valence-electron chi connectivity index (χ1n) is 8.99. The van der Waals surface area contributed by atoms with Gasteiger partial charge in [0.15, 0.2) is 0 Å². The van der Waals surface area contributed by atoms with Crippen LogP contribution in [0.3, 0.4) is 0 Å². The summed E-state index contributed by atoms with van der Waals surface area (Å²) in [7, 11) is -3.63. The minimum atomic E-state index is -3.63. The van der Waals surface area contributed by atoms with Crippen molar-refractivity contribution in [2.24, 2.45) is 5.92 Å². The summed E-state index contributed by atoms with van der Waals surface area (Å²) >= 11 is 6.91. The first kappa shape index (κ1) is 18.9. The summed E-state index contributed by atoms with van der Waals surface area (Å²) in [4.78, 5) is 12.7. The van der Waals surface area contributed by atoms with Gasteiger partial charge in [-0.15, -0.1) is 11.3 Å². The van der Waals surface area contributed by atoms with Crippen molar-refractivity contribution in [3.63, 3.8) is 0 Å². The maximum absolute atomic E-state index is 12.8. The molecule has 1 atom stereocenters. The van der Waals surface area contributed by atoms with Crippen molar-refractivity contribution in [2.45, 2.75) is 42.7 Å². The summed E-state index contributed by atoms with van der Waals surface area (Å²) in [6.07, 6.45) is 5.11. The minimum absolute atomic E-state index is 0.153. The molecule has 2 aromatic rings. The van der Waals surface area contributed by atoms with Crippen LogP contribution in [0.4, 0.5) is 5.88 Å². The second kappa shape index (κ2) is 7.54. The van der Waals surface area contributed by atoms with Gasteiger partial charge in [0.25, 0.3) is 10.0 Å². The summed E-state index contributed by atoms with van der Waals surface area (Å²) in [5, 5.41) is 6.87. The summed E-state index contributed by atoms with van der Waals surface area (Å²) < 4.78 is 32.9. The maximum atomic E-state index is 12.8. The molecule has 3 heterocycles. The molecule has 0 bridgehead atoms. The number of sulfonamides is 1. The summed E-state index contributed by atoms with van der Waals surface area (Å²) in [5.74, 6) is -0.225. The molecular weight excluding hydrogens is 410 g/mol. The Morgan fingerprint density at radius 1 is 1.30 bits per heavy atom. The second-order valence-electron chi connectivity index (χ2n) is 6.89. The number of carbonyl (C=O) groups is 1. The third-order valence-electron chi connectivity index (χ3n) is 5.09. The lowest BCUT2D eigenvalue weighted by molar-refractivity contribution is -0.121. The number of fused-ring (bicyclic) bond motifs is 1. The molecule has 0 spiro atoms. The minimum Gasteiger partial charge on any atom is -0.338 e. The van der Waals surface area contributed by atoms with Crippen molar-refractivity contribution in [3.8, 4) is 0 Å². The third kappa shape index (κ3) is 3.78. The molecule has 1 aliphatic carbocycles. The molecule has 7 nitrogen and oxygen atoms in total. The topological polar surface area (TPSA) is 92.5 Å². The number of halogens is 1. The predicted molar refractivity (Wildman–Crippen MR) is 103 cm³/mol. The molecule has 4 rings (SSSR count). The van der Waals surface area contributed by atoms with E-state index < -0.39 is 15.9 Å². The Hall–Kier alpha value is -1.42. The van der Waals surface area contributed by atoms with Crippen LogP contribution in [-0.2, 0) is 27.7 Å². The molecule has 146 valence electrons. The van der Waals surface area contributed by atoms with E-state index in [9.17, 15) is 13.2 Å². The molecule has 10 heteroatoms. The van der Waals surface area contributed by atoms with Gasteiger partial charge >= 0.3 is 0 Å². The molecular formula is C17H20ClN3O4S2. The predicted octanol–water partition coefficient (Wildman–Crippen LogP) is 3.31. The first-order chi connectivity index (χ1) is 12.9. The molecule has 0 radical (unpaired) electrons. The van der Waals surface area contributed by atoms with Gasteiger partial charge in [-0.1, -0.05) is 16.8 Å². The Labute approximate surface area is 166 Å². The number of piperidine rings is 1. The maximum Gasteiger partial charge on any atom is 0.252 e. The van der Waals surface area contributed by atoms with Crippen molar-refractivity contribution in [3.05, 3.63) is 27.7 Å². The van der Waals surface area contributed by atoms with Crippen molar-refractivity contribution < 1.29 is 17.7 Å². The molecule has 27 heavy (non-hydrogen) atoms. The van der Waals surface area contributed by atoms with Crippen LogP contribution in [0.2, 0.25) is 4.34 Å². The number of aromatic nitrogens is 1. The normalized spacial score (nSPS) is 21.0. The van der Waals surface area contributed by atoms with Gasteiger partial charge in [0.2, 0.25) is 11.8 Å². The number of anilines is 1. The number of rotatable bonds is 4. The quantitative estimate of drug-likeness (QED) is 0.804. The van der Waals surface area contributed by atoms with E-state index in [-0.39, 0.29) is 16.7 Å². The third-order valence-corrected chi connectivity index (χ3v) is 8.66. The highest BCUT2D eigenvalue weighted by Crippen LogP contribution is 2.32. The van der Waals surface area contributed by atoms with E-state index in [1.54, 1.807) is 6.07 Å². The summed E-state index contributed by atoms with van der Waals surface area (Å²) in [6, 6.07) is 3.08. The molecule has 1 aliphatic heterocycles. The van der Waals surface area contributed by atoms with E-state index in [4.69, 9.17) is 16.1 Å². The Bertz CT molecular complexity index is 953. The van der Waals surface area contributed by atoms with E-state index in [1.807, 2.05) is 0 Å². The van der Waals surface area contributed by atoms with E-state index in [1.165, 1.54) is 10.4 Å². The fraction of sp³-hybridized carbons (Fsp3) is 0.529. The summed E-state index contributed by atoms with van der Waals surface area (Å²) in [6.45, 7) is 0.555. The fourth-order valence-corrected chi connectivity index (χ4v) is 6.80. The van der Waals surface area contributed by atoms with Crippen LogP contribution >= 0.6 is 22.9 Å². The number of nitrogens with zero attached hydrogens (tertiary/aromatic N) is 2. The Morgan fingerprint density at radius 3 is 2.89 bits per heavy atom. The molecule has 0 saturated carbocycles. The van der Waals surface area contributed by atoms with E-state index >= 15 is 0 Å². The SMILES string of the molecule is O=C(Nc1onc2c1CCCC2)C1CCCN(S(=O)(=O)c2ccc(Cl)s2)C1. The van der Waals surface area contributed by atoms with Gasteiger partial charge in [0, 0.05) is 18.7 Å². The van der Waals surface area contributed by atoms with E-state index in [2.05, 4.69) is 10.5 Å². The van der Waals surface area contributed by atoms with Crippen LogP contribution < -0.4 is 5.32 Å². The largest absolute Gasteiger partial charge is 0.338 e. The molecule has 1 amide bonds. The smallest absolute Gasteiger partial charge is 0.252 e. The average Bonchev–Trinajstić information content (AvgIpc) is 3.29. The van der Waals surface area contributed by atoms with Crippen LogP contribution in [0.5, 0.6) is 0 Å². The lowest BCUT2D eigenvalue weighted by Gasteiger charge is -2.30. The number of nitrogens with one attached hydrogen (secondary N) is 1. The Kier molecular flexibility index (Phi) is 5.28. The van der Waals surface area contributed by atoms with Gasteiger partial charge in [-0.3, -0.25) is 10.1 Å². The molecule has 2 aromatic heterocycles. The van der Waals surface area contributed by atoms with Crippen LogP contribution in [0.1, 0.15) is 36.9 Å². The van der Waals surface area contributed by atoms with E-state index in [0.29, 0.717) is 29.6 Å². The highest BCUT2D eigenvalue weighted by Gasteiger charge is 2.35. The van der Waals surface area contributed by atoms with Gasteiger partial charge in [0.1, 0.15) is 4.21 Å². The summed E-state index contributed by atoms with van der Waals surface area (Å²) in [5.41, 5.74) is 1.89. The number of aryl methyl sites for hydroxylation is 1. The molecule has 1 fully saturated rings. The van der Waals surface area contributed by atoms with Gasteiger partial charge in [0.05, 0.1) is 15.9 Å². The average molecular weight is 430 g/mol. The highest BCUT2D eigenvalue weighted by atomic mass is 35.5. The molecule has 1 saturated heterocycles. The van der Waals surface area contributed by atoms with Crippen molar-refractivity contribution in [1.82, 2.24) is 9.46 Å². The van der Waals surface area contributed by atoms with Crippen molar-refractivity contribution >= 4 is 44.8 Å². The van der Waals surface area contributed by atoms with Crippen LogP contribution in [-0.4, -0.2) is 36.9 Å². The number of hydrogen-bond acceptors (Lipinski definition) is 6. The molecule has 1 unspecified atom stereocenters. The van der Waals surface area contributed by atoms with Crippen molar-refractivity contribution in [1.29, 1.82) is 0 Å². The monoisotopic (exact) mass is 429 g/mol. The van der Waals surface area contributed by atoms with Crippen LogP contribution in [0.25, 0.3) is 0 Å². The second-order valence-corrected chi connectivity index (χ2v) is 10.8. The number of hydrogen-bond donors (Lipinski definition) is 1. The fourth-order valence-electron chi connectivity index (χ4n) is 3.64. The first-order valence-corrected chi connectivity index (χ1v) is 11.6. The molecule has 2 aliphatic rings. The number of carbonyl (C=O) groups excluding carboxylic acids is 1. The van der Waals surface area contributed by atoms with Gasteiger partial charge in [-0.2, -0.15) is 4.31 Å². The Morgan fingerprint density at radius 2 is 2.11 bits per heavy atom.